The number of ether oxygens (including phenoxy) is 1. The van der Waals surface area contributed by atoms with Crippen molar-refractivity contribution in [3.05, 3.63) is 77.4 Å². The van der Waals surface area contributed by atoms with E-state index in [0.717, 1.165) is 21.9 Å². The molecule has 4 amide bonds. The number of carbonyl (C=O) groups excluding carboxylic acids is 4. The zero-order valence-electron chi connectivity index (χ0n) is 25.1. The summed E-state index contributed by atoms with van der Waals surface area (Å²) in [5, 5.41) is 7.58. The molecular weight excluding hydrogens is 532 g/mol. The Balaban J connectivity index is 1.77. The van der Waals surface area contributed by atoms with Gasteiger partial charge in [0.05, 0.1) is 6.42 Å². The predicted octanol–water partition coefficient (Wildman–Crippen LogP) is 5.14. The minimum absolute atomic E-state index is 0.116. The fourth-order valence-electron chi connectivity index (χ4n) is 5.34. The predicted molar refractivity (Wildman–Crippen MR) is 163 cm³/mol. The maximum atomic E-state index is 14.3. The molecule has 0 heterocycles. The van der Waals surface area contributed by atoms with E-state index in [0.29, 0.717) is 17.7 Å². The minimum atomic E-state index is -1.31. The molecule has 0 spiro atoms. The zero-order valence-corrected chi connectivity index (χ0v) is 25.1. The van der Waals surface area contributed by atoms with E-state index in [2.05, 4.69) is 10.6 Å². The molecule has 4 N–H and O–H groups in total. The molecule has 4 unspecified atom stereocenters. The van der Waals surface area contributed by atoms with Crippen molar-refractivity contribution in [3.8, 4) is 0 Å². The van der Waals surface area contributed by atoms with Crippen molar-refractivity contribution < 1.29 is 23.9 Å². The lowest BCUT2D eigenvalue weighted by Gasteiger charge is -2.36. The van der Waals surface area contributed by atoms with Gasteiger partial charge < -0.3 is 26.0 Å². The van der Waals surface area contributed by atoms with Gasteiger partial charge in [-0.15, -0.1) is 0 Å². The van der Waals surface area contributed by atoms with Crippen LogP contribution in [0.3, 0.4) is 0 Å². The molecule has 4 rings (SSSR count). The van der Waals surface area contributed by atoms with Crippen molar-refractivity contribution in [2.45, 2.75) is 78.1 Å². The average molecular weight is 573 g/mol. The number of primary amides is 1. The van der Waals surface area contributed by atoms with E-state index >= 15 is 0 Å². The van der Waals surface area contributed by atoms with Crippen molar-refractivity contribution in [1.82, 2.24) is 10.2 Å². The third-order valence-electron chi connectivity index (χ3n) is 7.43. The summed E-state index contributed by atoms with van der Waals surface area (Å²) < 4.78 is 5.37. The lowest BCUT2D eigenvalue weighted by atomic mass is 9.93. The topological polar surface area (TPSA) is 131 Å². The third kappa shape index (κ3) is 7.26. The summed E-state index contributed by atoms with van der Waals surface area (Å²) in [5.74, 6) is -1.62. The van der Waals surface area contributed by atoms with E-state index < -0.39 is 47.9 Å². The number of carbonyl (C=O) groups is 4. The van der Waals surface area contributed by atoms with Crippen LogP contribution in [0.4, 0.5) is 10.5 Å². The average Bonchev–Trinajstić information content (AvgIpc) is 3.61. The lowest BCUT2D eigenvalue weighted by molar-refractivity contribution is -0.142. The number of hydrogen-bond acceptors (Lipinski definition) is 5. The monoisotopic (exact) mass is 572 g/mol. The number of alkyl carbamates (subject to hydrolysis) is 1. The summed E-state index contributed by atoms with van der Waals surface area (Å²) in [4.78, 5) is 54.9. The normalized spacial score (nSPS) is 17.6. The van der Waals surface area contributed by atoms with Crippen molar-refractivity contribution in [3.63, 3.8) is 0 Å². The number of rotatable bonds is 9. The van der Waals surface area contributed by atoms with E-state index in [4.69, 9.17) is 10.5 Å². The van der Waals surface area contributed by atoms with Gasteiger partial charge in [0, 0.05) is 11.7 Å². The second kappa shape index (κ2) is 12.2. The first-order chi connectivity index (χ1) is 19.7. The molecule has 9 heteroatoms. The van der Waals surface area contributed by atoms with Crippen LogP contribution in [0.2, 0.25) is 0 Å². The Morgan fingerprint density at radius 3 is 2.17 bits per heavy atom. The van der Waals surface area contributed by atoms with Gasteiger partial charge >= 0.3 is 6.09 Å². The molecule has 0 bridgehead atoms. The molecule has 1 aliphatic rings. The van der Waals surface area contributed by atoms with Crippen LogP contribution in [0.25, 0.3) is 10.8 Å². The molecule has 1 fully saturated rings. The van der Waals surface area contributed by atoms with Gasteiger partial charge in [-0.05, 0) is 86.6 Å². The Hall–Kier alpha value is -4.40. The van der Waals surface area contributed by atoms with Gasteiger partial charge in [0.2, 0.25) is 11.8 Å². The van der Waals surface area contributed by atoms with Crippen molar-refractivity contribution in [2.24, 2.45) is 11.7 Å². The number of aryl methyl sites for hydroxylation is 2. The van der Waals surface area contributed by atoms with Gasteiger partial charge in [-0.25, -0.2) is 4.79 Å². The summed E-state index contributed by atoms with van der Waals surface area (Å²) in [5.41, 5.74) is 7.65. The van der Waals surface area contributed by atoms with E-state index in [-0.39, 0.29) is 12.0 Å². The van der Waals surface area contributed by atoms with Crippen LogP contribution in [0.1, 0.15) is 63.3 Å². The van der Waals surface area contributed by atoms with Gasteiger partial charge in [0.15, 0.2) is 0 Å². The molecule has 0 radical (unpaired) electrons. The van der Waals surface area contributed by atoms with Gasteiger partial charge in [-0.1, -0.05) is 55.5 Å². The number of nitrogens with zero attached hydrogens (tertiary/aromatic N) is 1. The summed E-state index contributed by atoms with van der Waals surface area (Å²) in [6.07, 6.45) is -0.622. The first kappa shape index (κ1) is 30.6. The van der Waals surface area contributed by atoms with E-state index in [1.54, 1.807) is 20.8 Å². The van der Waals surface area contributed by atoms with Crippen LogP contribution in [-0.2, 0) is 19.1 Å². The smallest absolute Gasteiger partial charge is 0.408 e. The Bertz CT molecular complexity index is 1490. The number of hydrogen-bond donors (Lipinski definition) is 3. The van der Waals surface area contributed by atoms with Crippen LogP contribution < -0.4 is 16.4 Å². The molecule has 1 aliphatic carbocycles. The molecule has 1 saturated carbocycles. The molecule has 42 heavy (non-hydrogen) atoms. The molecule has 0 aliphatic heterocycles. The Morgan fingerprint density at radius 1 is 0.976 bits per heavy atom. The highest BCUT2D eigenvalue weighted by Gasteiger charge is 2.49. The number of anilines is 1. The fraction of sp³-hybridized carbons (Fsp3) is 0.394. The number of nitrogens with two attached hydrogens (primary N) is 1. The molecule has 9 nitrogen and oxygen atoms in total. The minimum Gasteiger partial charge on any atom is -0.444 e. The maximum absolute atomic E-state index is 14.3. The number of benzene rings is 3. The summed E-state index contributed by atoms with van der Waals surface area (Å²) in [6.45, 7) is 10.9. The van der Waals surface area contributed by atoms with Crippen LogP contribution >= 0.6 is 0 Å². The van der Waals surface area contributed by atoms with Gasteiger partial charge in [-0.3, -0.25) is 14.4 Å². The fourth-order valence-corrected chi connectivity index (χ4v) is 5.34. The Labute approximate surface area is 246 Å². The molecule has 3 aromatic carbocycles. The highest BCUT2D eigenvalue weighted by Crippen LogP contribution is 2.42. The summed E-state index contributed by atoms with van der Waals surface area (Å²) in [7, 11) is 0. The summed E-state index contributed by atoms with van der Waals surface area (Å²) in [6, 6.07) is 16.6. The van der Waals surface area contributed by atoms with Crippen molar-refractivity contribution in [1.29, 1.82) is 0 Å². The highest BCUT2D eigenvalue weighted by atomic mass is 16.6. The lowest BCUT2D eigenvalue weighted by Crippen LogP contribution is -2.54. The SMILES string of the molecule is Cc1cccc(C)c1C(C(=O)Nc1ccc2ccccc2c1)N(C(=O)C(CC(N)=O)NC(=O)OC(C)(C)C)C1CC1C. The van der Waals surface area contributed by atoms with Crippen LogP contribution in [0.5, 0.6) is 0 Å². The van der Waals surface area contributed by atoms with Crippen LogP contribution in [-0.4, -0.2) is 46.4 Å². The summed E-state index contributed by atoms with van der Waals surface area (Å²) >= 11 is 0. The molecular formula is C33H40N4O5. The first-order valence-corrected chi connectivity index (χ1v) is 14.2. The van der Waals surface area contributed by atoms with E-state index in [9.17, 15) is 19.2 Å². The quantitative estimate of drug-likeness (QED) is 0.327. The second-order valence-electron chi connectivity index (χ2n) is 12.2. The molecule has 4 atom stereocenters. The van der Waals surface area contributed by atoms with Gasteiger partial charge in [0.1, 0.15) is 17.7 Å². The standard InChI is InChI=1S/C33H40N4O5/c1-19-10-9-11-20(2)28(19)29(30(39)35-24-15-14-22-12-7-8-13-23(22)17-24)37(26-16-21(26)3)31(40)25(18-27(34)38)36-32(41)42-33(4,5)6/h7-15,17,21,25-26,29H,16,18H2,1-6H3,(H2,34,38)(H,35,39)(H,36,41). The van der Waals surface area contributed by atoms with E-state index in [1.165, 1.54) is 4.90 Å². The molecule has 3 aromatic rings. The van der Waals surface area contributed by atoms with Crippen molar-refractivity contribution in [2.75, 3.05) is 5.32 Å². The van der Waals surface area contributed by atoms with Crippen LogP contribution in [0, 0.1) is 19.8 Å². The molecule has 0 saturated heterocycles. The van der Waals surface area contributed by atoms with E-state index in [1.807, 2.05) is 81.4 Å². The molecule has 0 aromatic heterocycles. The molecule has 222 valence electrons. The first-order valence-electron chi connectivity index (χ1n) is 14.2. The zero-order chi connectivity index (χ0) is 30.8. The van der Waals surface area contributed by atoms with Crippen molar-refractivity contribution >= 4 is 40.3 Å². The maximum Gasteiger partial charge on any atom is 0.408 e. The van der Waals surface area contributed by atoms with Crippen LogP contribution in [0.15, 0.2) is 60.7 Å². The second-order valence-corrected chi connectivity index (χ2v) is 12.2. The highest BCUT2D eigenvalue weighted by molar-refractivity contribution is 6.01. The Kier molecular flexibility index (Phi) is 8.89. The number of fused-ring (bicyclic) bond motifs is 1. The number of amides is 4. The van der Waals surface area contributed by atoms with Gasteiger partial charge in [0.25, 0.3) is 5.91 Å². The Morgan fingerprint density at radius 2 is 1.60 bits per heavy atom. The third-order valence-corrected chi connectivity index (χ3v) is 7.43. The van der Waals surface area contributed by atoms with Gasteiger partial charge in [-0.2, -0.15) is 0 Å². The number of nitrogens with one attached hydrogen (secondary N) is 2. The largest absolute Gasteiger partial charge is 0.444 e.